The van der Waals surface area contributed by atoms with Gasteiger partial charge in [0.05, 0.1) is 11.0 Å². The molecule has 0 radical (unpaired) electrons. The van der Waals surface area contributed by atoms with Crippen LogP contribution in [-0.2, 0) is 10.0 Å². The summed E-state index contributed by atoms with van der Waals surface area (Å²) in [5.74, 6) is -0.250. The van der Waals surface area contributed by atoms with Gasteiger partial charge in [-0.15, -0.1) is 0 Å². The number of hydrogen-bond donors (Lipinski definition) is 2. The molecule has 3 atom stereocenters. The summed E-state index contributed by atoms with van der Waals surface area (Å²) in [6, 6.07) is 3.45. The highest BCUT2D eigenvalue weighted by Crippen LogP contribution is 2.26. The minimum Gasteiger partial charge on any atom is -0.393 e. The second kappa shape index (κ2) is 5.79. The van der Waals surface area contributed by atoms with Crippen molar-refractivity contribution in [1.82, 2.24) is 4.72 Å². The molecule has 1 aliphatic rings. The lowest BCUT2D eigenvalue weighted by molar-refractivity contribution is 0.0954. The fourth-order valence-electron chi connectivity index (χ4n) is 2.52. The predicted octanol–water partition coefficient (Wildman–Crippen LogP) is 1.96. The van der Waals surface area contributed by atoms with Crippen molar-refractivity contribution in [3.05, 3.63) is 29.6 Å². The molecule has 2 N–H and O–H groups in total. The third-order valence-electron chi connectivity index (χ3n) is 3.91. The van der Waals surface area contributed by atoms with E-state index in [1.165, 1.54) is 19.1 Å². The van der Waals surface area contributed by atoms with Gasteiger partial charge in [0.1, 0.15) is 5.82 Å². The van der Waals surface area contributed by atoms with Gasteiger partial charge < -0.3 is 5.11 Å². The zero-order valence-corrected chi connectivity index (χ0v) is 12.5. The molecule has 1 saturated carbocycles. The molecule has 0 bridgehead atoms. The number of sulfonamides is 1. The summed E-state index contributed by atoms with van der Waals surface area (Å²) >= 11 is 0. The van der Waals surface area contributed by atoms with Crippen LogP contribution in [0.1, 0.15) is 31.7 Å². The Morgan fingerprint density at radius 2 is 2.05 bits per heavy atom. The van der Waals surface area contributed by atoms with E-state index in [9.17, 15) is 17.9 Å². The summed E-state index contributed by atoms with van der Waals surface area (Å²) < 4.78 is 40.4. The molecule has 0 heterocycles. The quantitative estimate of drug-likeness (QED) is 0.897. The van der Waals surface area contributed by atoms with E-state index in [1.54, 1.807) is 0 Å². The molecule has 4 nitrogen and oxygen atoms in total. The highest BCUT2D eigenvalue weighted by molar-refractivity contribution is 7.89. The van der Waals surface area contributed by atoms with Gasteiger partial charge in [-0.05, 0) is 55.9 Å². The third kappa shape index (κ3) is 3.37. The predicted molar refractivity (Wildman–Crippen MR) is 74.3 cm³/mol. The maximum absolute atomic E-state index is 13.2. The summed E-state index contributed by atoms with van der Waals surface area (Å²) in [6.45, 7) is 3.50. The fraction of sp³-hybridized carbons (Fsp3) is 0.571. The lowest BCUT2D eigenvalue weighted by Crippen LogP contribution is -2.44. The Kier molecular flexibility index (Phi) is 4.46. The molecule has 1 fully saturated rings. The Balaban J connectivity index is 2.20. The summed E-state index contributed by atoms with van der Waals surface area (Å²) in [7, 11) is -3.68. The van der Waals surface area contributed by atoms with Crippen LogP contribution >= 0.6 is 0 Å². The first kappa shape index (κ1) is 15.4. The largest absolute Gasteiger partial charge is 0.393 e. The van der Waals surface area contributed by atoms with Crippen LogP contribution in [0.4, 0.5) is 4.39 Å². The lowest BCUT2D eigenvalue weighted by atomic mass is 9.85. The summed E-state index contributed by atoms with van der Waals surface area (Å²) in [4.78, 5) is 0.0589. The van der Waals surface area contributed by atoms with Crippen molar-refractivity contribution >= 4 is 10.0 Å². The number of halogens is 1. The smallest absolute Gasteiger partial charge is 0.240 e. The van der Waals surface area contributed by atoms with Crippen LogP contribution in [0.25, 0.3) is 0 Å². The number of aliphatic hydroxyl groups is 1. The van der Waals surface area contributed by atoms with Gasteiger partial charge in [-0.25, -0.2) is 17.5 Å². The summed E-state index contributed by atoms with van der Waals surface area (Å²) in [5.41, 5.74) is 0.296. The van der Waals surface area contributed by atoms with E-state index in [-0.39, 0.29) is 16.9 Å². The van der Waals surface area contributed by atoms with Crippen molar-refractivity contribution in [3.63, 3.8) is 0 Å². The Morgan fingerprint density at radius 1 is 1.35 bits per heavy atom. The minimum atomic E-state index is -3.68. The molecule has 3 unspecified atom stereocenters. The Labute approximate surface area is 119 Å². The number of aryl methyl sites for hydroxylation is 1. The van der Waals surface area contributed by atoms with Crippen LogP contribution in [0.3, 0.4) is 0 Å². The first-order valence-electron chi connectivity index (χ1n) is 6.76. The second-order valence-electron chi connectivity index (χ2n) is 5.58. The van der Waals surface area contributed by atoms with Crippen LogP contribution in [0.2, 0.25) is 0 Å². The molecule has 0 aromatic heterocycles. The van der Waals surface area contributed by atoms with Gasteiger partial charge in [0, 0.05) is 6.04 Å². The average Bonchev–Trinajstić information content (AvgIpc) is 2.36. The zero-order valence-electron chi connectivity index (χ0n) is 11.6. The van der Waals surface area contributed by atoms with Crippen LogP contribution in [-0.4, -0.2) is 25.7 Å². The van der Waals surface area contributed by atoms with Crippen molar-refractivity contribution in [2.24, 2.45) is 5.92 Å². The lowest BCUT2D eigenvalue weighted by Gasteiger charge is -2.32. The van der Waals surface area contributed by atoms with E-state index < -0.39 is 21.9 Å². The van der Waals surface area contributed by atoms with Gasteiger partial charge in [0.15, 0.2) is 0 Å². The van der Waals surface area contributed by atoms with Crippen LogP contribution in [0.15, 0.2) is 23.1 Å². The van der Waals surface area contributed by atoms with Gasteiger partial charge >= 0.3 is 0 Å². The monoisotopic (exact) mass is 301 g/mol. The molecule has 112 valence electrons. The molecule has 0 amide bonds. The van der Waals surface area contributed by atoms with Crippen LogP contribution in [0.5, 0.6) is 0 Å². The van der Waals surface area contributed by atoms with Gasteiger partial charge in [-0.3, -0.25) is 0 Å². The van der Waals surface area contributed by atoms with Crippen molar-refractivity contribution in [1.29, 1.82) is 0 Å². The van der Waals surface area contributed by atoms with Gasteiger partial charge in [-0.2, -0.15) is 0 Å². The molecule has 0 spiro atoms. The van der Waals surface area contributed by atoms with E-state index in [2.05, 4.69) is 4.72 Å². The van der Waals surface area contributed by atoms with Gasteiger partial charge in [0.25, 0.3) is 0 Å². The fourth-order valence-corrected chi connectivity index (χ4v) is 3.96. The molecule has 0 aliphatic heterocycles. The highest BCUT2D eigenvalue weighted by atomic mass is 32.2. The van der Waals surface area contributed by atoms with Crippen LogP contribution in [0, 0.1) is 18.7 Å². The number of aliphatic hydroxyl groups excluding tert-OH is 1. The number of hydrogen-bond acceptors (Lipinski definition) is 3. The second-order valence-corrected chi connectivity index (χ2v) is 7.30. The number of benzene rings is 1. The van der Waals surface area contributed by atoms with Gasteiger partial charge in [-0.1, -0.05) is 6.92 Å². The molecule has 1 aliphatic carbocycles. The molecule has 2 rings (SSSR count). The summed E-state index contributed by atoms with van der Waals surface area (Å²) in [6.07, 6.45) is 1.45. The minimum absolute atomic E-state index is 0.0589. The molecule has 1 aromatic carbocycles. The van der Waals surface area contributed by atoms with E-state index in [1.807, 2.05) is 6.92 Å². The molecule has 1 aromatic rings. The molecular formula is C14H20FNO3S. The Hall–Kier alpha value is -0.980. The normalized spacial score (nSPS) is 27.5. The average molecular weight is 301 g/mol. The van der Waals surface area contributed by atoms with Crippen molar-refractivity contribution in [2.75, 3.05) is 0 Å². The number of rotatable bonds is 3. The maximum Gasteiger partial charge on any atom is 0.240 e. The van der Waals surface area contributed by atoms with E-state index >= 15 is 0 Å². The SMILES string of the molecule is Cc1cc(S(=O)(=O)NC2CC(O)CCC2C)ccc1F. The highest BCUT2D eigenvalue weighted by Gasteiger charge is 2.30. The molecule has 0 saturated heterocycles. The molecule has 6 heteroatoms. The maximum atomic E-state index is 13.2. The standard InChI is InChI=1S/C14H20FNO3S/c1-9-3-4-11(17)8-14(9)16-20(18,19)12-5-6-13(15)10(2)7-12/h5-7,9,11,14,16-17H,3-4,8H2,1-2H3. The number of nitrogens with one attached hydrogen (secondary N) is 1. The van der Waals surface area contributed by atoms with E-state index in [0.29, 0.717) is 18.4 Å². The van der Waals surface area contributed by atoms with Crippen LogP contribution < -0.4 is 4.72 Å². The zero-order chi connectivity index (χ0) is 14.9. The Bertz CT molecular complexity index is 588. The molecule has 20 heavy (non-hydrogen) atoms. The van der Waals surface area contributed by atoms with E-state index in [4.69, 9.17) is 0 Å². The Morgan fingerprint density at radius 3 is 2.70 bits per heavy atom. The van der Waals surface area contributed by atoms with E-state index in [0.717, 1.165) is 12.5 Å². The molecular weight excluding hydrogens is 281 g/mol. The van der Waals surface area contributed by atoms with Crippen molar-refractivity contribution in [2.45, 2.75) is 50.2 Å². The van der Waals surface area contributed by atoms with Crippen molar-refractivity contribution in [3.8, 4) is 0 Å². The van der Waals surface area contributed by atoms with Gasteiger partial charge in [0.2, 0.25) is 10.0 Å². The topological polar surface area (TPSA) is 66.4 Å². The summed E-state index contributed by atoms with van der Waals surface area (Å²) in [5, 5.41) is 9.66. The van der Waals surface area contributed by atoms with Crippen molar-refractivity contribution < 1.29 is 17.9 Å². The first-order valence-corrected chi connectivity index (χ1v) is 8.24. The third-order valence-corrected chi connectivity index (χ3v) is 5.40. The first-order chi connectivity index (χ1) is 9.29.